The molecular weight excluding hydrogens is 322 g/mol. The van der Waals surface area contributed by atoms with Gasteiger partial charge in [0.25, 0.3) is 5.91 Å². The van der Waals surface area contributed by atoms with Crippen molar-refractivity contribution in [3.63, 3.8) is 0 Å². The number of primary amides is 1. The minimum atomic E-state index is -0.665. The number of aryl methyl sites for hydroxylation is 1. The molecule has 4 aromatic rings. The number of oxazole rings is 1. The van der Waals surface area contributed by atoms with Gasteiger partial charge in [0.2, 0.25) is 5.71 Å². The third kappa shape index (κ3) is 1.97. The summed E-state index contributed by atoms with van der Waals surface area (Å²) in [6.45, 7) is 3.64. The van der Waals surface area contributed by atoms with E-state index in [2.05, 4.69) is 9.97 Å². The molecule has 5 N–H and O–H groups in total. The number of phenols is 1. The van der Waals surface area contributed by atoms with Crippen LogP contribution in [0.15, 0.2) is 29.0 Å². The van der Waals surface area contributed by atoms with Crippen LogP contribution < -0.4 is 11.5 Å². The Labute approximate surface area is 141 Å². The van der Waals surface area contributed by atoms with Crippen molar-refractivity contribution < 1.29 is 14.3 Å². The standard InChI is InChI=1S/C17H15N5O3/c1-7-3-4-11(23)8(2)13(7)22-14(18)12(15(19)24)9-5-10-17(21-16(9)22)25-6-20-10/h3-6,23H,18H2,1-2H3,(H2,19,24). The first-order valence-corrected chi connectivity index (χ1v) is 7.53. The maximum atomic E-state index is 12.0. The molecule has 0 aliphatic carbocycles. The highest BCUT2D eigenvalue weighted by Crippen LogP contribution is 2.36. The van der Waals surface area contributed by atoms with E-state index in [4.69, 9.17) is 15.9 Å². The number of pyridine rings is 1. The third-order valence-electron chi connectivity index (χ3n) is 4.36. The summed E-state index contributed by atoms with van der Waals surface area (Å²) >= 11 is 0. The van der Waals surface area contributed by atoms with Crippen LogP contribution in [0, 0.1) is 13.8 Å². The van der Waals surface area contributed by atoms with Crippen molar-refractivity contribution in [2.45, 2.75) is 13.8 Å². The van der Waals surface area contributed by atoms with E-state index in [0.29, 0.717) is 33.5 Å². The van der Waals surface area contributed by atoms with Crippen LogP contribution in [0.2, 0.25) is 0 Å². The summed E-state index contributed by atoms with van der Waals surface area (Å²) < 4.78 is 6.88. The van der Waals surface area contributed by atoms with E-state index < -0.39 is 5.91 Å². The topological polar surface area (TPSA) is 133 Å². The lowest BCUT2D eigenvalue weighted by molar-refractivity contribution is 0.100. The van der Waals surface area contributed by atoms with Gasteiger partial charge in [-0.05, 0) is 31.5 Å². The Morgan fingerprint density at radius 3 is 2.80 bits per heavy atom. The van der Waals surface area contributed by atoms with Crippen LogP contribution in [0.1, 0.15) is 21.5 Å². The van der Waals surface area contributed by atoms with Gasteiger partial charge >= 0.3 is 0 Å². The van der Waals surface area contributed by atoms with Crippen LogP contribution in [0.4, 0.5) is 5.82 Å². The molecule has 0 aliphatic rings. The molecule has 0 fully saturated rings. The second-order valence-corrected chi connectivity index (χ2v) is 5.87. The molecule has 0 aliphatic heterocycles. The lowest BCUT2D eigenvalue weighted by Gasteiger charge is -2.15. The van der Waals surface area contributed by atoms with Crippen LogP contribution >= 0.6 is 0 Å². The lowest BCUT2D eigenvalue weighted by Crippen LogP contribution is -2.14. The number of hydrogen-bond acceptors (Lipinski definition) is 6. The molecule has 0 saturated heterocycles. The Kier molecular flexibility index (Phi) is 2.98. The number of nitrogens with zero attached hydrogens (tertiary/aromatic N) is 3. The Hall–Kier alpha value is -3.55. The summed E-state index contributed by atoms with van der Waals surface area (Å²) in [6, 6.07) is 5.04. The van der Waals surface area contributed by atoms with Gasteiger partial charge in [-0.2, -0.15) is 4.98 Å². The number of carbonyl (C=O) groups excluding carboxylic acids is 1. The van der Waals surface area contributed by atoms with Gasteiger partial charge in [-0.3, -0.25) is 9.36 Å². The molecule has 8 nitrogen and oxygen atoms in total. The molecule has 1 aromatic carbocycles. The first kappa shape index (κ1) is 15.0. The fraction of sp³-hybridized carbons (Fsp3) is 0.118. The Balaban J connectivity index is 2.23. The summed E-state index contributed by atoms with van der Waals surface area (Å²) in [6.07, 6.45) is 1.28. The van der Waals surface area contributed by atoms with Crippen molar-refractivity contribution in [1.29, 1.82) is 0 Å². The Morgan fingerprint density at radius 2 is 2.08 bits per heavy atom. The molecule has 25 heavy (non-hydrogen) atoms. The van der Waals surface area contributed by atoms with E-state index >= 15 is 0 Å². The predicted molar refractivity (Wildman–Crippen MR) is 92.7 cm³/mol. The Morgan fingerprint density at radius 1 is 1.32 bits per heavy atom. The molecule has 0 atom stereocenters. The van der Waals surface area contributed by atoms with E-state index in [1.165, 1.54) is 6.39 Å². The number of aromatic hydroxyl groups is 1. The van der Waals surface area contributed by atoms with E-state index in [9.17, 15) is 9.90 Å². The highest BCUT2D eigenvalue weighted by molar-refractivity contribution is 6.12. The minimum Gasteiger partial charge on any atom is -0.508 e. The normalized spacial score (nSPS) is 11.4. The quantitative estimate of drug-likeness (QED) is 0.513. The molecule has 3 aromatic heterocycles. The molecule has 0 saturated carbocycles. The number of aromatic nitrogens is 3. The number of phenolic OH excluding ortho intramolecular Hbond substituents is 1. The number of nitrogen functional groups attached to an aromatic ring is 1. The van der Waals surface area contributed by atoms with Gasteiger partial charge < -0.3 is 21.0 Å². The number of benzene rings is 1. The maximum absolute atomic E-state index is 12.0. The zero-order chi connectivity index (χ0) is 17.9. The molecule has 1 amide bonds. The first-order chi connectivity index (χ1) is 11.9. The van der Waals surface area contributed by atoms with E-state index in [1.807, 2.05) is 6.92 Å². The molecule has 0 spiro atoms. The predicted octanol–water partition coefficient (Wildman–Crippen LogP) is 2.17. The van der Waals surface area contributed by atoms with Crippen molar-refractivity contribution in [3.05, 3.63) is 41.3 Å². The molecule has 3 heterocycles. The van der Waals surface area contributed by atoms with Crippen LogP contribution in [0.3, 0.4) is 0 Å². The second-order valence-electron chi connectivity index (χ2n) is 5.87. The van der Waals surface area contributed by atoms with E-state index in [0.717, 1.165) is 5.56 Å². The summed E-state index contributed by atoms with van der Waals surface area (Å²) in [5.74, 6) is -0.399. The van der Waals surface area contributed by atoms with Gasteiger partial charge in [0.05, 0.1) is 11.3 Å². The molecular formula is C17H15N5O3. The van der Waals surface area contributed by atoms with Crippen molar-refractivity contribution >= 4 is 34.0 Å². The van der Waals surface area contributed by atoms with Crippen LogP contribution in [-0.2, 0) is 0 Å². The summed E-state index contributed by atoms with van der Waals surface area (Å²) in [7, 11) is 0. The zero-order valence-corrected chi connectivity index (χ0v) is 13.6. The zero-order valence-electron chi connectivity index (χ0n) is 13.6. The molecule has 126 valence electrons. The monoisotopic (exact) mass is 337 g/mol. The number of nitrogens with two attached hydrogens (primary N) is 2. The molecule has 0 unspecified atom stereocenters. The van der Waals surface area contributed by atoms with Gasteiger partial charge in [0, 0.05) is 10.9 Å². The molecule has 0 bridgehead atoms. The lowest BCUT2D eigenvalue weighted by atomic mass is 10.1. The van der Waals surface area contributed by atoms with Crippen molar-refractivity contribution in [2.24, 2.45) is 5.73 Å². The largest absolute Gasteiger partial charge is 0.508 e. The fourth-order valence-corrected chi connectivity index (χ4v) is 3.16. The Bertz CT molecular complexity index is 1170. The van der Waals surface area contributed by atoms with Gasteiger partial charge in [-0.15, -0.1) is 0 Å². The number of amides is 1. The molecule has 0 radical (unpaired) electrons. The first-order valence-electron chi connectivity index (χ1n) is 7.53. The SMILES string of the molecule is Cc1ccc(O)c(C)c1-n1c(N)c(C(N)=O)c2cc3ncoc3nc21. The summed E-state index contributed by atoms with van der Waals surface area (Å²) in [5.41, 5.74) is 15.3. The minimum absolute atomic E-state index is 0.114. The number of fused-ring (bicyclic) bond motifs is 2. The highest BCUT2D eigenvalue weighted by atomic mass is 16.3. The maximum Gasteiger partial charge on any atom is 0.253 e. The summed E-state index contributed by atoms with van der Waals surface area (Å²) in [4.78, 5) is 20.5. The van der Waals surface area contributed by atoms with Crippen molar-refractivity contribution in [2.75, 3.05) is 5.73 Å². The van der Waals surface area contributed by atoms with Crippen LogP contribution in [0.25, 0.3) is 28.0 Å². The number of carbonyl (C=O) groups is 1. The number of hydrogen-bond donors (Lipinski definition) is 3. The average molecular weight is 337 g/mol. The van der Waals surface area contributed by atoms with Crippen molar-refractivity contribution in [3.8, 4) is 11.4 Å². The smallest absolute Gasteiger partial charge is 0.253 e. The van der Waals surface area contributed by atoms with Crippen LogP contribution in [-0.4, -0.2) is 25.5 Å². The average Bonchev–Trinajstić information content (AvgIpc) is 3.11. The van der Waals surface area contributed by atoms with Crippen molar-refractivity contribution in [1.82, 2.24) is 14.5 Å². The van der Waals surface area contributed by atoms with E-state index in [1.54, 1.807) is 29.7 Å². The van der Waals surface area contributed by atoms with Gasteiger partial charge in [0.15, 0.2) is 12.0 Å². The number of rotatable bonds is 2. The molecule has 4 rings (SSSR count). The summed E-state index contributed by atoms with van der Waals surface area (Å²) in [5, 5.41) is 10.6. The van der Waals surface area contributed by atoms with Gasteiger partial charge in [-0.25, -0.2) is 4.98 Å². The third-order valence-corrected chi connectivity index (χ3v) is 4.36. The van der Waals surface area contributed by atoms with Gasteiger partial charge in [0.1, 0.15) is 17.1 Å². The molecule has 8 heteroatoms. The van der Waals surface area contributed by atoms with Crippen LogP contribution in [0.5, 0.6) is 5.75 Å². The fourth-order valence-electron chi connectivity index (χ4n) is 3.16. The van der Waals surface area contributed by atoms with E-state index in [-0.39, 0.29) is 17.1 Å². The second kappa shape index (κ2) is 4.97. The number of anilines is 1. The highest BCUT2D eigenvalue weighted by Gasteiger charge is 2.24. The van der Waals surface area contributed by atoms with Gasteiger partial charge in [-0.1, -0.05) is 6.07 Å².